The van der Waals surface area contributed by atoms with Gasteiger partial charge < -0.3 is 0 Å². The highest BCUT2D eigenvalue weighted by Gasteiger charge is 2.21. The monoisotopic (exact) mass is 311 g/mol. The lowest BCUT2D eigenvalue weighted by atomic mass is 10.2. The van der Waals surface area contributed by atoms with Crippen LogP contribution in [0.15, 0.2) is 47.4 Å². The average Bonchev–Trinajstić information content (AvgIpc) is 2.42. The number of rotatable bonds is 4. The third-order valence-corrected chi connectivity index (χ3v) is 4.95. The molecule has 0 amide bonds. The normalized spacial score (nSPS) is 11.9. The van der Waals surface area contributed by atoms with E-state index in [0.29, 0.717) is 0 Å². The topological polar surface area (TPSA) is 37.4 Å². The summed E-state index contributed by atoms with van der Waals surface area (Å²) < 4.78 is 52.2. The van der Waals surface area contributed by atoms with Gasteiger partial charge in [-0.25, -0.2) is 17.2 Å². The quantitative estimate of drug-likeness (QED) is 0.870. The molecule has 0 radical (unpaired) electrons. The van der Waals surface area contributed by atoms with Gasteiger partial charge in [0.25, 0.3) is 0 Å². The van der Waals surface area contributed by atoms with E-state index in [2.05, 4.69) is 0 Å². The molecule has 0 bridgehead atoms. The van der Waals surface area contributed by atoms with Crippen molar-refractivity contribution in [2.24, 2.45) is 0 Å². The third-order valence-electron chi connectivity index (χ3n) is 3.14. The Balaban J connectivity index is 2.26. The van der Waals surface area contributed by atoms with E-state index in [0.717, 1.165) is 22.0 Å². The zero-order valence-electron chi connectivity index (χ0n) is 11.7. The van der Waals surface area contributed by atoms with Crippen LogP contribution in [-0.2, 0) is 16.6 Å². The fraction of sp³-hybridized carbons (Fsp3) is 0.200. The van der Waals surface area contributed by atoms with Gasteiger partial charge in [-0.15, -0.1) is 0 Å². The van der Waals surface area contributed by atoms with Crippen LogP contribution < -0.4 is 0 Å². The molecule has 0 aliphatic carbocycles. The van der Waals surface area contributed by atoms with Crippen LogP contribution in [0.4, 0.5) is 8.78 Å². The Morgan fingerprint density at radius 3 is 2.24 bits per heavy atom. The van der Waals surface area contributed by atoms with Gasteiger partial charge in [0.1, 0.15) is 11.6 Å². The molecule has 0 saturated heterocycles. The number of aryl methyl sites for hydroxylation is 1. The highest BCUT2D eigenvalue weighted by atomic mass is 32.2. The van der Waals surface area contributed by atoms with Crippen molar-refractivity contribution in [3.63, 3.8) is 0 Å². The summed E-state index contributed by atoms with van der Waals surface area (Å²) in [7, 11) is -2.35. The van der Waals surface area contributed by atoms with E-state index in [1.807, 2.05) is 6.92 Å². The lowest BCUT2D eigenvalue weighted by Gasteiger charge is -2.17. The van der Waals surface area contributed by atoms with E-state index in [1.54, 1.807) is 12.1 Å². The van der Waals surface area contributed by atoms with Crippen molar-refractivity contribution in [1.82, 2.24) is 4.31 Å². The second-order valence-electron chi connectivity index (χ2n) is 4.81. The van der Waals surface area contributed by atoms with Gasteiger partial charge in [0, 0.05) is 25.2 Å². The van der Waals surface area contributed by atoms with Gasteiger partial charge in [-0.05, 0) is 25.1 Å². The summed E-state index contributed by atoms with van der Waals surface area (Å²) in [6, 6.07) is 9.47. The van der Waals surface area contributed by atoms with E-state index >= 15 is 0 Å². The predicted molar refractivity (Wildman–Crippen MR) is 76.2 cm³/mol. The molecular weight excluding hydrogens is 296 g/mol. The van der Waals surface area contributed by atoms with E-state index in [9.17, 15) is 17.2 Å². The molecule has 6 heteroatoms. The van der Waals surface area contributed by atoms with E-state index in [-0.39, 0.29) is 17.0 Å². The highest BCUT2D eigenvalue weighted by molar-refractivity contribution is 7.89. The summed E-state index contributed by atoms with van der Waals surface area (Å²) in [5.74, 6) is -1.46. The van der Waals surface area contributed by atoms with Gasteiger partial charge >= 0.3 is 0 Å². The fourth-order valence-electron chi connectivity index (χ4n) is 1.86. The summed E-state index contributed by atoms with van der Waals surface area (Å²) in [6.07, 6.45) is 0. The Hall–Kier alpha value is -1.79. The Morgan fingerprint density at radius 1 is 1.05 bits per heavy atom. The standard InChI is InChI=1S/C15H15F2NO2S/c1-11-3-7-14(8-4-11)21(19,20)18(2)10-12-5-6-13(16)9-15(12)17/h3-9H,10H2,1-2H3. The molecule has 0 aromatic heterocycles. The minimum atomic E-state index is -3.71. The molecule has 2 aromatic rings. The van der Waals surface area contributed by atoms with Gasteiger partial charge in [-0.2, -0.15) is 4.31 Å². The van der Waals surface area contributed by atoms with E-state index < -0.39 is 21.7 Å². The lowest BCUT2D eigenvalue weighted by Crippen LogP contribution is -2.27. The molecular formula is C15H15F2NO2S. The van der Waals surface area contributed by atoms with Crippen LogP contribution in [0.3, 0.4) is 0 Å². The molecule has 3 nitrogen and oxygen atoms in total. The number of sulfonamides is 1. The fourth-order valence-corrected chi connectivity index (χ4v) is 3.01. The van der Waals surface area contributed by atoms with Crippen LogP contribution in [0.2, 0.25) is 0 Å². The molecule has 0 saturated carbocycles. The van der Waals surface area contributed by atoms with Crippen LogP contribution in [0, 0.1) is 18.6 Å². The number of halogens is 2. The van der Waals surface area contributed by atoms with Crippen LogP contribution in [0.5, 0.6) is 0 Å². The summed E-state index contributed by atoms with van der Waals surface area (Å²) in [4.78, 5) is 0.137. The second-order valence-corrected chi connectivity index (χ2v) is 6.85. The van der Waals surface area contributed by atoms with Crippen molar-refractivity contribution >= 4 is 10.0 Å². The first-order chi connectivity index (χ1) is 9.80. The molecule has 2 rings (SSSR count). The first-order valence-electron chi connectivity index (χ1n) is 6.27. The van der Waals surface area contributed by atoms with Crippen molar-refractivity contribution in [2.75, 3.05) is 7.05 Å². The molecule has 0 spiro atoms. The van der Waals surface area contributed by atoms with Gasteiger partial charge in [0.2, 0.25) is 10.0 Å². The number of hydrogen-bond donors (Lipinski definition) is 0. The summed E-state index contributed by atoms with van der Waals surface area (Å²) >= 11 is 0. The largest absolute Gasteiger partial charge is 0.243 e. The second kappa shape index (κ2) is 5.91. The zero-order chi connectivity index (χ0) is 15.6. The predicted octanol–water partition coefficient (Wildman–Crippen LogP) is 3.09. The summed E-state index contributed by atoms with van der Waals surface area (Å²) in [6.45, 7) is 1.69. The van der Waals surface area contributed by atoms with Crippen molar-refractivity contribution in [3.8, 4) is 0 Å². The molecule has 0 fully saturated rings. The summed E-state index contributed by atoms with van der Waals surface area (Å²) in [5.41, 5.74) is 1.07. The minimum absolute atomic E-state index is 0.120. The van der Waals surface area contributed by atoms with Crippen molar-refractivity contribution in [1.29, 1.82) is 0 Å². The van der Waals surface area contributed by atoms with Crippen molar-refractivity contribution in [3.05, 3.63) is 65.2 Å². The number of benzene rings is 2. The number of nitrogens with zero attached hydrogens (tertiary/aromatic N) is 1. The van der Waals surface area contributed by atoms with E-state index in [4.69, 9.17) is 0 Å². The maximum absolute atomic E-state index is 13.6. The Labute approximate surface area is 122 Å². The molecule has 21 heavy (non-hydrogen) atoms. The molecule has 0 N–H and O–H groups in total. The Bertz CT molecular complexity index is 743. The van der Waals surface area contributed by atoms with Crippen molar-refractivity contribution in [2.45, 2.75) is 18.4 Å². The molecule has 0 unspecified atom stereocenters. The maximum atomic E-state index is 13.6. The Morgan fingerprint density at radius 2 is 1.67 bits per heavy atom. The third kappa shape index (κ3) is 3.46. The van der Waals surface area contributed by atoms with Gasteiger partial charge in [-0.1, -0.05) is 23.8 Å². The van der Waals surface area contributed by atoms with Crippen LogP contribution in [0.25, 0.3) is 0 Å². The smallest absolute Gasteiger partial charge is 0.207 e. The molecule has 112 valence electrons. The molecule has 0 atom stereocenters. The van der Waals surface area contributed by atoms with Gasteiger partial charge in [0.15, 0.2) is 0 Å². The zero-order valence-corrected chi connectivity index (χ0v) is 12.5. The van der Waals surface area contributed by atoms with Crippen LogP contribution in [0.1, 0.15) is 11.1 Å². The molecule has 2 aromatic carbocycles. The number of hydrogen-bond acceptors (Lipinski definition) is 2. The SMILES string of the molecule is Cc1ccc(S(=O)(=O)N(C)Cc2ccc(F)cc2F)cc1. The first kappa shape index (κ1) is 15.6. The van der Waals surface area contributed by atoms with Gasteiger partial charge in [0.05, 0.1) is 4.90 Å². The summed E-state index contributed by atoms with van der Waals surface area (Å²) in [5, 5.41) is 0. The average molecular weight is 311 g/mol. The Kier molecular flexibility index (Phi) is 4.39. The lowest BCUT2D eigenvalue weighted by molar-refractivity contribution is 0.454. The van der Waals surface area contributed by atoms with Crippen LogP contribution in [-0.4, -0.2) is 19.8 Å². The molecule has 0 heterocycles. The van der Waals surface area contributed by atoms with E-state index in [1.165, 1.54) is 25.2 Å². The first-order valence-corrected chi connectivity index (χ1v) is 7.71. The minimum Gasteiger partial charge on any atom is -0.207 e. The van der Waals surface area contributed by atoms with Crippen LogP contribution >= 0.6 is 0 Å². The maximum Gasteiger partial charge on any atom is 0.243 e. The highest BCUT2D eigenvalue weighted by Crippen LogP contribution is 2.19. The van der Waals surface area contributed by atoms with Gasteiger partial charge in [-0.3, -0.25) is 0 Å². The molecule has 0 aliphatic heterocycles. The molecule has 0 aliphatic rings. The van der Waals surface area contributed by atoms with Crippen molar-refractivity contribution < 1.29 is 17.2 Å².